The lowest BCUT2D eigenvalue weighted by Gasteiger charge is -2.17. The molecule has 12 heavy (non-hydrogen) atoms. The van der Waals surface area contributed by atoms with Crippen molar-refractivity contribution in [3.8, 4) is 0 Å². The van der Waals surface area contributed by atoms with Gasteiger partial charge in [-0.05, 0) is 27.7 Å². The number of hydrogen-bond acceptors (Lipinski definition) is 3. The van der Waals surface area contributed by atoms with E-state index >= 15 is 0 Å². The Kier molecular flexibility index (Phi) is 4.51. The van der Waals surface area contributed by atoms with Crippen molar-refractivity contribution in [1.29, 1.82) is 0 Å². The van der Waals surface area contributed by atoms with Gasteiger partial charge in [0, 0.05) is 6.61 Å². The largest absolute Gasteiger partial charge is 0.397 e. The van der Waals surface area contributed by atoms with Crippen molar-refractivity contribution in [2.75, 3.05) is 6.61 Å². The Hall–Kier alpha value is -0.900. The molecule has 4 heteroatoms. The van der Waals surface area contributed by atoms with Crippen LogP contribution in [0.25, 0.3) is 0 Å². The molecule has 0 atom stereocenters. The zero-order chi connectivity index (χ0) is 9.61. The molecule has 0 amide bonds. The van der Waals surface area contributed by atoms with Crippen molar-refractivity contribution in [3.63, 3.8) is 0 Å². The minimum Gasteiger partial charge on any atom is -0.397 e. The molecule has 70 valence electrons. The Bertz CT molecular complexity index is 189. The lowest BCUT2D eigenvalue weighted by atomic mass is 10.1. The average Bonchev–Trinajstić information content (AvgIpc) is 2.36. The number of hydrogen-bond donors (Lipinski definition) is 1. The predicted octanol–water partition coefficient (Wildman–Crippen LogP) is 1.03. The molecule has 1 rings (SSSR count). The molecule has 4 nitrogen and oxygen atoms in total. The minimum absolute atomic E-state index is 0.0660. The van der Waals surface area contributed by atoms with Gasteiger partial charge in [-0.2, -0.15) is 5.10 Å². The van der Waals surface area contributed by atoms with Gasteiger partial charge >= 0.3 is 0 Å². The van der Waals surface area contributed by atoms with Crippen LogP contribution in [0.3, 0.4) is 0 Å². The van der Waals surface area contributed by atoms with Crippen LogP contribution in [-0.2, 0) is 5.54 Å². The second-order valence-corrected chi connectivity index (χ2v) is 3.33. The number of aliphatic hydroxyl groups excluding tert-OH is 1. The third-order valence-electron chi connectivity index (χ3n) is 1.11. The van der Waals surface area contributed by atoms with Gasteiger partial charge in [0.1, 0.15) is 12.7 Å². The van der Waals surface area contributed by atoms with Crippen LogP contribution in [0.15, 0.2) is 12.7 Å². The van der Waals surface area contributed by atoms with Gasteiger partial charge in [-0.15, -0.1) is 0 Å². The van der Waals surface area contributed by atoms with Crippen LogP contribution < -0.4 is 0 Å². The van der Waals surface area contributed by atoms with Crippen LogP contribution in [0.2, 0.25) is 0 Å². The zero-order valence-corrected chi connectivity index (χ0v) is 8.15. The highest BCUT2D eigenvalue weighted by Gasteiger charge is 2.11. The predicted molar refractivity (Wildman–Crippen MR) is 47.8 cm³/mol. The summed E-state index contributed by atoms with van der Waals surface area (Å²) in [6.07, 6.45) is 3.27. The average molecular weight is 171 g/mol. The summed E-state index contributed by atoms with van der Waals surface area (Å²) in [5, 5.41) is 11.6. The van der Waals surface area contributed by atoms with E-state index < -0.39 is 0 Å². The first-order valence-corrected chi connectivity index (χ1v) is 3.98. The zero-order valence-electron chi connectivity index (χ0n) is 8.15. The molecule has 1 aromatic rings. The van der Waals surface area contributed by atoms with Crippen molar-refractivity contribution < 1.29 is 5.11 Å². The van der Waals surface area contributed by atoms with Crippen LogP contribution in [0.1, 0.15) is 27.7 Å². The van der Waals surface area contributed by atoms with E-state index in [0.717, 1.165) is 0 Å². The van der Waals surface area contributed by atoms with Gasteiger partial charge < -0.3 is 5.11 Å². The Morgan fingerprint density at radius 2 is 1.92 bits per heavy atom. The van der Waals surface area contributed by atoms with E-state index in [4.69, 9.17) is 5.11 Å². The topological polar surface area (TPSA) is 50.9 Å². The van der Waals surface area contributed by atoms with Gasteiger partial charge in [0.2, 0.25) is 0 Å². The summed E-state index contributed by atoms with van der Waals surface area (Å²) in [5.74, 6) is 0. The maximum absolute atomic E-state index is 7.57. The van der Waals surface area contributed by atoms with E-state index in [2.05, 4.69) is 30.9 Å². The Balaban J connectivity index is 0.000000354. The maximum Gasteiger partial charge on any atom is 0.137 e. The lowest BCUT2D eigenvalue weighted by Crippen LogP contribution is -2.21. The monoisotopic (exact) mass is 171 g/mol. The second kappa shape index (κ2) is 4.87. The molecule has 0 unspecified atom stereocenters. The van der Waals surface area contributed by atoms with E-state index in [1.807, 2.05) is 4.68 Å². The van der Waals surface area contributed by atoms with E-state index in [-0.39, 0.29) is 12.1 Å². The maximum atomic E-state index is 7.57. The van der Waals surface area contributed by atoms with Gasteiger partial charge in [-0.25, -0.2) is 9.67 Å². The minimum atomic E-state index is 0.0660. The quantitative estimate of drug-likeness (QED) is 0.634. The molecular weight excluding hydrogens is 154 g/mol. The van der Waals surface area contributed by atoms with Crippen LogP contribution in [0.5, 0.6) is 0 Å². The van der Waals surface area contributed by atoms with Crippen LogP contribution in [0.4, 0.5) is 0 Å². The standard InChI is InChI=1S/C6H11N3.C2H6O/c1-6(2,3)9-5-7-4-8-9;1-2-3/h4-5H,1-3H3;3H,2H2,1H3. The van der Waals surface area contributed by atoms with Gasteiger partial charge in [0.25, 0.3) is 0 Å². The summed E-state index contributed by atoms with van der Waals surface area (Å²) < 4.78 is 1.83. The molecule has 0 aromatic carbocycles. The van der Waals surface area contributed by atoms with Crippen LogP contribution >= 0.6 is 0 Å². The molecule has 1 heterocycles. The summed E-state index contributed by atoms with van der Waals surface area (Å²) in [6, 6.07) is 0. The fourth-order valence-corrected chi connectivity index (χ4v) is 0.555. The van der Waals surface area contributed by atoms with Crippen LogP contribution in [-0.4, -0.2) is 26.5 Å². The molecule has 0 saturated heterocycles. The number of aliphatic hydroxyl groups is 1. The summed E-state index contributed by atoms with van der Waals surface area (Å²) in [4.78, 5) is 3.84. The van der Waals surface area contributed by atoms with Gasteiger partial charge in [0.05, 0.1) is 5.54 Å². The third kappa shape index (κ3) is 4.08. The van der Waals surface area contributed by atoms with Crippen LogP contribution in [0, 0.1) is 0 Å². The molecule has 1 aromatic heterocycles. The van der Waals surface area contributed by atoms with Crippen molar-refractivity contribution in [2.24, 2.45) is 0 Å². The summed E-state index contributed by atoms with van der Waals surface area (Å²) >= 11 is 0. The Morgan fingerprint density at radius 3 is 2.08 bits per heavy atom. The Morgan fingerprint density at radius 1 is 1.42 bits per heavy atom. The summed E-state index contributed by atoms with van der Waals surface area (Å²) in [6.45, 7) is 8.19. The molecule has 1 N–H and O–H groups in total. The summed E-state index contributed by atoms with van der Waals surface area (Å²) in [7, 11) is 0. The first kappa shape index (κ1) is 11.1. The molecule has 0 aliphatic carbocycles. The number of rotatable bonds is 0. The molecule has 0 radical (unpaired) electrons. The van der Waals surface area contributed by atoms with Gasteiger partial charge in [0.15, 0.2) is 0 Å². The SMILES string of the molecule is CC(C)(C)n1cncn1.CCO. The fraction of sp³-hybridized carbons (Fsp3) is 0.750. The van der Waals surface area contributed by atoms with Crippen molar-refractivity contribution in [1.82, 2.24) is 14.8 Å². The summed E-state index contributed by atoms with van der Waals surface area (Å²) in [5.41, 5.74) is 0.0660. The fourth-order valence-electron chi connectivity index (χ4n) is 0.555. The Labute approximate surface area is 73.2 Å². The van der Waals surface area contributed by atoms with E-state index in [1.165, 1.54) is 0 Å². The lowest BCUT2D eigenvalue weighted by molar-refractivity contribution is 0.318. The molecule has 0 aliphatic heterocycles. The van der Waals surface area contributed by atoms with Crippen molar-refractivity contribution >= 4 is 0 Å². The normalized spacial score (nSPS) is 10.4. The molecule has 0 fully saturated rings. The van der Waals surface area contributed by atoms with Crippen molar-refractivity contribution in [2.45, 2.75) is 33.2 Å². The number of nitrogens with zero attached hydrogens (tertiary/aromatic N) is 3. The van der Waals surface area contributed by atoms with E-state index in [9.17, 15) is 0 Å². The van der Waals surface area contributed by atoms with Gasteiger partial charge in [-0.1, -0.05) is 0 Å². The smallest absolute Gasteiger partial charge is 0.137 e. The molecule has 0 bridgehead atoms. The highest BCUT2D eigenvalue weighted by atomic mass is 16.2. The third-order valence-corrected chi connectivity index (χ3v) is 1.11. The molecular formula is C8H17N3O. The van der Waals surface area contributed by atoms with E-state index in [0.29, 0.717) is 0 Å². The first-order valence-electron chi connectivity index (χ1n) is 3.98. The second-order valence-electron chi connectivity index (χ2n) is 3.33. The molecule has 0 saturated carbocycles. The van der Waals surface area contributed by atoms with E-state index in [1.54, 1.807) is 19.6 Å². The highest BCUT2D eigenvalue weighted by molar-refractivity contribution is 4.70. The first-order chi connectivity index (χ1) is 5.52. The molecule has 0 aliphatic rings. The molecule has 0 spiro atoms. The van der Waals surface area contributed by atoms with Crippen molar-refractivity contribution in [3.05, 3.63) is 12.7 Å². The number of aromatic nitrogens is 3. The highest BCUT2D eigenvalue weighted by Crippen LogP contribution is 2.08. The van der Waals surface area contributed by atoms with Gasteiger partial charge in [-0.3, -0.25) is 0 Å².